The van der Waals surface area contributed by atoms with E-state index >= 15 is 0 Å². The van der Waals surface area contributed by atoms with Gasteiger partial charge in [0.2, 0.25) is 0 Å². The predicted octanol–water partition coefficient (Wildman–Crippen LogP) is -0.745. The fourth-order valence-corrected chi connectivity index (χ4v) is 2.92. The van der Waals surface area contributed by atoms with Crippen molar-refractivity contribution in [3.05, 3.63) is 29.8 Å². The van der Waals surface area contributed by atoms with Gasteiger partial charge in [0.15, 0.2) is 0 Å². The lowest BCUT2D eigenvalue weighted by Gasteiger charge is -2.00. The van der Waals surface area contributed by atoms with Crippen LogP contribution < -0.4 is 9.83 Å². The van der Waals surface area contributed by atoms with Gasteiger partial charge in [-0.3, -0.25) is 9.71 Å². The third-order valence-corrected chi connectivity index (χ3v) is 3.87. The van der Waals surface area contributed by atoms with Crippen molar-refractivity contribution in [1.82, 2.24) is 4.72 Å². The van der Waals surface area contributed by atoms with Gasteiger partial charge < -0.3 is 9.90 Å². The lowest BCUT2D eigenvalue weighted by atomic mass is 10.2. The highest BCUT2D eigenvalue weighted by atomic mass is 32.2. The standard InChI is InChI=1S/C11H12N2O4S/c14-10(15)6-3-7-12-11-8-4-1-2-5-9(8)18(16,17)13-11/h1-2,4-5H,3,6-7H2,(H,12,13)(H,14,15)/p-1. The molecule has 0 amide bonds. The summed E-state index contributed by atoms with van der Waals surface area (Å²) in [5, 5.41) is 10.2. The summed E-state index contributed by atoms with van der Waals surface area (Å²) in [6.45, 7) is 0.236. The summed E-state index contributed by atoms with van der Waals surface area (Å²) in [4.78, 5) is 14.5. The quantitative estimate of drug-likeness (QED) is 0.726. The second-order valence-corrected chi connectivity index (χ2v) is 5.46. The highest BCUT2D eigenvalue weighted by Crippen LogP contribution is 2.22. The Labute approximate surface area is 104 Å². The molecule has 0 aromatic heterocycles. The van der Waals surface area contributed by atoms with Crippen LogP contribution in [0.4, 0.5) is 0 Å². The van der Waals surface area contributed by atoms with E-state index in [4.69, 9.17) is 0 Å². The molecule has 6 nitrogen and oxygen atoms in total. The second-order valence-electron chi connectivity index (χ2n) is 3.81. The molecule has 2 rings (SSSR count). The number of benzene rings is 1. The first kappa shape index (κ1) is 12.6. The number of amidine groups is 1. The molecule has 0 aliphatic carbocycles. The van der Waals surface area contributed by atoms with Crippen molar-refractivity contribution in [2.24, 2.45) is 4.99 Å². The van der Waals surface area contributed by atoms with E-state index in [1.54, 1.807) is 18.2 Å². The lowest BCUT2D eigenvalue weighted by Crippen LogP contribution is -2.23. The van der Waals surface area contributed by atoms with Gasteiger partial charge in [-0.2, -0.15) is 0 Å². The molecule has 1 aromatic carbocycles. The fourth-order valence-electron chi connectivity index (χ4n) is 1.67. The van der Waals surface area contributed by atoms with Gasteiger partial charge in [-0.25, -0.2) is 8.42 Å². The van der Waals surface area contributed by atoms with Gasteiger partial charge in [0.05, 0.1) is 4.90 Å². The van der Waals surface area contributed by atoms with Crippen LogP contribution in [0.5, 0.6) is 0 Å². The van der Waals surface area contributed by atoms with Gasteiger partial charge in [-0.05, 0) is 25.0 Å². The highest BCUT2D eigenvalue weighted by Gasteiger charge is 2.29. The predicted molar refractivity (Wildman–Crippen MR) is 62.4 cm³/mol. The molecule has 0 unspecified atom stereocenters. The number of carbonyl (C=O) groups excluding carboxylic acids is 1. The minimum atomic E-state index is -3.52. The maximum atomic E-state index is 11.7. The Balaban J connectivity index is 2.18. The molecule has 0 spiro atoms. The van der Waals surface area contributed by atoms with E-state index in [1.165, 1.54) is 6.07 Å². The van der Waals surface area contributed by atoms with Gasteiger partial charge in [-0.1, -0.05) is 12.1 Å². The number of carbonyl (C=O) groups is 1. The molecule has 1 aromatic rings. The molecule has 0 radical (unpaired) electrons. The third kappa shape index (κ3) is 2.51. The number of fused-ring (bicyclic) bond motifs is 1. The molecule has 18 heavy (non-hydrogen) atoms. The fraction of sp³-hybridized carbons (Fsp3) is 0.273. The summed E-state index contributed by atoms with van der Waals surface area (Å²) >= 11 is 0. The number of aliphatic imine (C=N–C) groups is 1. The first-order valence-electron chi connectivity index (χ1n) is 5.37. The van der Waals surface area contributed by atoms with Crippen molar-refractivity contribution >= 4 is 21.8 Å². The minimum absolute atomic E-state index is 0.0921. The van der Waals surface area contributed by atoms with Crippen LogP contribution in [0.2, 0.25) is 0 Å². The monoisotopic (exact) mass is 267 g/mol. The Morgan fingerprint density at radius 1 is 1.33 bits per heavy atom. The van der Waals surface area contributed by atoms with E-state index in [-0.39, 0.29) is 23.7 Å². The van der Waals surface area contributed by atoms with Crippen LogP contribution in [0.25, 0.3) is 0 Å². The molecule has 1 aliphatic heterocycles. The van der Waals surface area contributed by atoms with Crippen molar-refractivity contribution in [1.29, 1.82) is 0 Å². The highest BCUT2D eigenvalue weighted by molar-refractivity contribution is 7.90. The van der Waals surface area contributed by atoms with Gasteiger partial charge in [0.25, 0.3) is 10.0 Å². The van der Waals surface area contributed by atoms with Crippen molar-refractivity contribution < 1.29 is 18.3 Å². The van der Waals surface area contributed by atoms with E-state index in [9.17, 15) is 18.3 Å². The first-order chi connectivity index (χ1) is 8.50. The number of hydrogen-bond acceptors (Lipinski definition) is 5. The normalized spacial score (nSPS) is 18.3. The number of sulfonamides is 1. The minimum Gasteiger partial charge on any atom is -0.550 e. The van der Waals surface area contributed by atoms with Crippen molar-refractivity contribution in [3.8, 4) is 0 Å². The second kappa shape index (κ2) is 4.77. The van der Waals surface area contributed by atoms with Crippen LogP contribution in [-0.2, 0) is 14.8 Å². The zero-order valence-electron chi connectivity index (χ0n) is 9.42. The number of carboxylic acids is 1. The number of nitrogens with zero attached hydrogens (tertiary/aromatic N) is 1. The zero-order chi connectivity index (χ0) is 13.2. The summed E-state index contributed by atoms with van der Waals surface area (Å²) in [5.41, 5.74) is 0.519. The maximum Gasteiger partial charge on any atom is 0.263 e. The van der Waals surface area contributed by atoms with Crippen LogP contribution in [0.1, 0.15) is 18.4 Å². The Morgan fingerprint density at radius 3 is 2.78 bits per heavy atom. The summed E-state index contributed by atoms with van der Waals surface area (Å²) in [6.07, 6.45) is 0.223. The summed E-state index contributed by atoms with van der Waals surface area (Å²) in [6, 6.07) is 6.51. The molecule has 0 fully saturated rings. The van der Waals surface area contributed by atoms with Crippen LogP contribution in [0.3, 0.4) is 0 Å². The largest absolute Gasteiger partial charge is 0.550 e. The molecule has 1 heterocycles. The van der Waals surface area contributed by atoms with E-state index in [2.05, 4.69) is 9.71 Å². The molecule has 0 saturated carbocycles. The number of rotatable bonds is 4. The Kier molecular flexibility index (Phi) is 3.33. The van der Waals surface area contributed by atoms with E-state index in [1.807, 2.05) is 0 Å². The molecule has 1 N–H and O–H groups in total. The Bertz CT molecular complexity index is 607. The van der Waals surface area contributed by atoms with E-state index in [0.717, 1.165) is 0 Å². The summed E-state index contributed by atoms with van der Waals surface area (Å²) in [7, 11) is -3.52. The van der Waals surface area contributed by atoms with Crippen LogP contribution in [0, 0.1) is 0 Å². The first-order valence-corrected chi connectivity index (χ1v) is 6.85. The molecule has 96 valence electrons. The van der Waals surface area contributed by atoms with Crippen molar-refractivity contribution in [2.75, 3.05) is 6.54 Å². The van der Waals surface area contributed by atoms with Gasteiger partial charge >= 0.3 is 0 Å². The number of nitrogens with one attached hydrogen (secondary N) is 1. The number of aliphatic carboxylic acids is 1. The van der Waals surface area contributed by atoms with Crippen molar-refractivity contribution in [2.45, 2.75) is 17.7 Å². The average Bonchev–Trinajstić information content (AvgIpc) is 2.57. The number of carboxylic acid groups (broad SMARTS) is 1. The molecular weight excluding hydrogens is 256 g/mol. The molecule has 0 atom stereocenters. The number of hydrogen-bond donors (Lipinski definition) is 1. The van der Waals surface area contributed by atoms with Crippen LogP contribution >= 0.6 is 0 Å². The smallest absolute Gasteiger partial charge is 0.263 e. The maximum absolute atomic E-state index is 11.7. The summed E-state index contributed by atoms with van der Waals surface area (Å²) in [5.74, 6) is -0.869. The Hall–Kier alpha value is -1.89. The van der Waals surface area contributed by atoms with Crippen LogP contribution in [0.15, 0.2) is 34.2 Å². The third-order valence-electron chi connectivity index (χ3n) is 2.47. The molecular formula is C11H11N2O4S-. The molecule has 1 aliphatic rings. The van der Waals surface area contributed by atoms with Gasteiger partial charge in [0, 0.05) is 18.1 Å². The SMILES string of the molecule is O=C([O-])CCCN=C1NS(=O)(=O)c2ccccc21. The zero-order valence-corrected chi connectivity index (χ0v) is 10.2. The van der Waals surface area contributed by atoms with E-state index in [0.29, 0.717) is 12.0 Å². The van der Waals surface area contributed by atoms with Crippen LogP contribution in [-0.4, -0.2) is 26.8 Å². The summed E-state index contributed by atoms with van der Waals surface area (Å²) < 4.78 is 25.8. The molecule has 0 bridgehead atoms. The van der Waals surface area contributed by atoms with Gasteiger partial charge in [0.1, 0.15) is 5.84 Å². The topological polar surface area (TPSA) is 98.7 Å². The van der Waals surface area contributed by atoms with E-state index < -0.39 is 16.0 Å². The van der Waals surface area contributed by atoms with Gasteiger partial charge in [-0.15, -0.1) is 0 Å². The molecule has 7 heteroatoms. The average molecular weight is 267 g/mol. The lowest BCUT2D eigenvalue weighted by molar-refractivity contribution is -0.305. The molecule has 0 saturated heterocycles. The Morgan fingerprint density at radius 2 is 2.06 bits per heavy atom. The van der Waals surface area contributed by atoms with Crippen molar-refractivity contribution in [3.63, 3.8) is 0 Å².